The van der Waals surface area contributed by atoms with Crippen LogP contribution in [0.2, 0.25) is 5.02 Å². The van der Waals surface area contributed by atoms with E-state index in [-0.39, 0.29) is 5.91 Å². The van der Waals surface area contributed by atoms with Gasteiger partial charge in [-0.3, -0.25) is 4.79 Å². The third-order valence-electron chi connectivity index (χ3n) is 4.13. The van der Waals surface area contributed by atoms with Gasteiger partial charge in [0.25, 0.3) is 5.91 Å². The first-order chi connectivity index (χ1) is 12.5. The Hall–Kier alpha value is -3.12. The van der Waals surface area contributed by atoms with Crippen LogP contribution in [0.4, 0.5) is 5.82 Å². The van der Waals surface area contributed by atoms with Gasteiger partial charge in [-0.05, 0) is 42.5 Å². The first-order valence-electron chi connectivity index (χ1n) is 7.93. The number of hydrogen-bond acceptors (Lipinski definition) is 4. The number of carbonyl (C=O) groups excluding carboxylic acids is 1. The third kappa shape index (κ3) is 2.84. The summed E-state index contributed by atoms with van der Waals surface area (Å²) in [5.74, 6) is 0.912. The Balaban J connectivity index is 1.79. The van der Waals surface area contributed by atoms with Crippen LogP contribution < -0.4 is 10.1 Å². The predicted molar refractivity (Wildman–Crippen MR) is 102 cm³/mol. The van der Waals surface area contributed by atoms with E-state index in [1.165, 1.54) is 0 Å². The number of benzene rings is 2. The van der Waals surface area contributed by atoms with Crippen molar-refractivity contribution in [2.45, 2.75) is 0 Å². The van der Waals surface area contributed by atoms with Crippen molar-refractivity contribution in [3.63, 3.8) is 0 Å². The van der Waals surface area contributed by atoms with Crippen LogP contribution >= 0.6 is 11.6 Å². The van der Waals surface area contributed by atoms with Crippen LogP contribution in [0.1, 0.15) is 10.4 Å². The highest BCUT2D eigenvalue weighted by Crippen LogP contribution is 2.28. The fraction of sp³-hybridized carbons (Fsp3) is 0.105. The lowest BCUT2D eigenvalue weighted by molar-refractivity contribution is 0.102. The molecule has 130 valence electrons. The van der Waals surface area contributed by atoms with Gasteiger partial charge in [0, 0.05) is 23.0 Å². The van der Waals surface area contributed by atoms with Crippen LogP contribution in [-0.4, -0.2) is 27.8 Å². The van der Waals surface area contributed by atoms with E-state index in [9.17, 15) is 4.79 Å². The largest absolute Gasteiger partial charge is 0.497 e. The first kappa shape index (κ1) is 16.4. The van der Waals surface area contributed by atoms with E-state index < -0.39 is 0 Å². The fourth-order valence-electron chi connectivity index (χ4n) is 2.85. The van der Waals surface area contributed by atoms with Gasteiger partial charge in [0.2, 0.25) is 0 Å². The molecule has 4 aromatic rings. The second kappa shape index (κ2) is 6.31. The summed E-state index contributed by atoms with van der Waals surface area (Å²) in [6.07, 6.45) is 0. The van der Waals surface area contributed by atoms with Crippen LogP contribution in [0.5, 0.6) is 5.75 Å². The molecule has 0 radical (unpaired) electrons. The molecule has 6 nitrogen and oxygen atoms in total. The Morgan fingerprint density at radius 2 is 2.04 bits per heavy atom. The number of halogens is 1. The average molecular weight is 367 g/mol. The molecule has 0 unspecified atom stereocenters. The lowest BCUT2D eigenvalue weighted by Crippen LogP contribution is -2.12. The Morgan fingerprint density at radius 3 is 2.81 bits per heavy atom. The normalized spacial score (nSPS) is 11.0. The minimum atomic E-state index is -0.279. The quantitative estimate of drug-likeness (QED) is 0.594. The number of methoxy groups -OCH3 is 1. The highest BCUT2D eigenvalue weighted by atomic mass is 35.5. The fourth-order valence-corrected chi connectivity index (χ4v) is 3.04. The number of aryl methyl sites for hydroxylation is 1. The summed E-state index contributed by atoms with van der Waals surface area (Å²) in [5.41, 5.74) is 1.98. The lowest BCUT2D eigenvalue weighted by atomic mass is 10.1. The van der Waals surface area contributed by atoms with E-state index >= 15 is 0 Å². The number of fused-ring (bicyclic) bond motifs is 2. The van der Waals surface area contributed by atoms with Gasteiger partial charge in [-0.2, -0.15) is 5.10 Å². The van der Waals surface area contributed by atoms with Crippen molar-refractivity contribution in [3.05, 3.63) is 59.1 Å². The van der Waals surface area contributed by atoms with Crippen molar-refractivity contribution < 1.29 is 9.53 Å². The minimum absolute atomic E-state index is 0.279. The number of hydrogen-bond donors (Lipinski definition) is 1. The summed E-state index contributed by atoms with van der Waals surface area (Å²) in [7, 11) is 3.41. The highest BCUT2D eigenvalue weighted by molar-refractivity contribution is 6.31. The molecule has 7 heteroatoms. The summed E-state index contributed by atoms with van der Waals surface area (Å²) in [5, 5.41) is 9.41. The Bertz CT molecular complexity index is 1150. The van der Waals surface area contributed by atoms with E-state index in [2.05, 4.69) is 15.4 Å². The van der Waals surface area contributed by atoms with Crippen LogP contribution in [0.15, 0.2) is 48.5 Å². The number of pyridine rings is 1. The summed E-state index contributed by atoms with van der Waals surface area (Å²) >= 11 is 5.96. The van der Waals surface area contributed by atoms with E-state index in [0.29, 0.717) is 22.1 Å². The molecule has 1 amide bonds. The maximum atomic E-state index is 12.5. The minimum Gasteiger partial charge on any atom is -0.497 e. The highest BCUT2D eigenvalue weighted by Gasteiger charge is 2.15. The molecule has 0 spiro atoms. The number of carbonyl (C=O) groups is 1. The topological polar surface area (TPSA) is 69.0 Å². The smallest absolute Gasteiger partial charge is 0.256 e. The molecule has 0 atom stereocenters. The SMILES string of the molecule is COc1ccc2nc3c(cc2c1)c(NC(=O)c1cccc(Cl)c1)nn3C. The zero-order valence-corrected chi connectivity index (χ0v) is 14.9. The van der Waals surface area contributed by atoms with Gasteiger partial charge in [0.15, 0.2) is 11.5 Å². The van der Waals surface area contributed by atoms with Crippen LogP contribution in [0.3, 0.4) is 0 Å². The molecule has 0 aliphatic heterocycles. The lowest BCUT2D eigenvalue weighted by Gasteiger charge is -2.04. The number of nitrogens with one attached hydrogen (secondary N) is 1. The molecule has 0 saturated heterocycles. The third-order valence-corrected chi connectivity index (χ3v) is 4.37. The van der Waals surface area contributed by atoms with Gasteiger partial charge < -0.3 is 10.1 Å². The number of ether oxygens (including phenoxy) is 1. The zero-order valence-electron chi connectivity index (χ0n) is 14.2. The van der Waals surface area contributed by atoms with Gasteiger partial charge in [0.05, 0.1) is 18.0 Å². The molecule has 2 heterocycles. The van der Waals surface area contributed by atoms with Crippen LogP contribution in [0, 0.1) is 0 Å². The molecule has 0 fully saturated rings. The van der Waals surface area contributed by atoms with Gasteiger partial charge in [-0.1, -0.05) is 17.7 Å². The van der Waals surface area contributed by atoms with E-state index in [0.717, 1.165) is 22.0 Å². The maximum absolute atomic E-state index is 12.5. The average Bonchev–Trinajstić information content (AvgIpc) is 2.94. The van der Waals surface area contributed by atoms with E-state index in [4.69, 9.17) is 16.3 Å². The molecule has 0 aliphatic carbocycles. The molecule has 1 N–H and O–H groups in total. The van der Waals surface area contributed by atoms with Crippen molar-refractivity contribution >= 4 is 45.3 Å². The predicted octanol–water partition coefficient (Wildman–Crippen LogP) is 4.04. The standard InChI is InChI=1S/C19H15ClN4O2/c1-24-18-15(10-12-9-14(26-2)6-7-16(12)21-18)17(23-24)22-19(25)11-4-3-5-13(20)8-11/h3-10H,1-2H3,(H,22,23,25). The molecule has 0 saturated carbocycles. The van der Waals surface area contributed by atoms with Crippen molar-refractivity contribution in [1.29, 1.82) is 0 Å². The summed E-state index contributed by atoms with van der Waals surface area (Å²) in [6.45, 7) is 0. The molecule has 26 heavy (non-hydrogen) atoms. The molecular formula is C19H15ClN4O2. The number of anilines is 1. The maximum Gasteiger partial charge on any atom is 0.256 e. The number of nitrogens with zero attached hydrogens (tertiary/aromatic N) is 3. The number of aromatic nitrogens is 3. The number of amides is 1. The first-order valence-corrected chi connectivity index (χ1v) is 8.31. The van der Waals surface area contributed by atoms with Crippen LogP contribution in [-0.2, 0) is 7.05 Å². The monoisotopic (exact) mass is 366 g/mol. The van der Waals surface area contributed by atoms with Gasteiger partial charge in [-0.15, -0.1) is 0 Å². The van der Waals surface area contributed by atoms with Gasteiger partial charge >= 0.3 is 0 Å². The Morgan fingerprint density at radius 1 is 1.19 bits per heavy atom. The van der Waals surface area contributed by atoms with Crippen molar-refractivity contribution in [1.82, 2.24) is 14.8 Å². The molecule has 0 bridgehead atoms. The van der Waals surface area contributed by atoms with Crippen molar-refractivity contribution in [2.24, 2.45) is 7.05 Å². The molecule has 2 aromatic heterocycles. The zero-order chi connectivity index (χ0) is 18.3. The van der Waals surface area contributed by atoms with Crippen LogP contribution in [0.25, 0.3) is 21.9 Å². The molecule has 2 aromatic carbocycles. The summed E-state index contributed by atoms with van der Waals surface area (Å²) in [6, 6.07) is 14.4. The Labute approximate surface area is 154 Å². The second-order valence-corrected chi connectivity index (χ2v) is 6.29. The summed E-state index contributed by atoms with van der Waals surface area (Å²) < 4.78 is 6.92. The molecule has 4 rings (SSSR count). The Kier molecular flexibility index (Phi) is 3.97. The molecular weight excluding hydrogens is 352 g/mol. The number of rotatable bonds is 3. The van der Waals surface area contributed by atoms with Crippen molar-refractivity contribution in [2.75, 3.05) is 12.4 Å². The van der Waals surface area contributed by atoms with E-state index in [1.54, 1.807) is 43.1 Å². The summed E-state index contributed by atoms with van der Waals surface area (Å²) in [4.78, 5) is 17.2. The second-order valence-electron chi connectivity index (χ2n) is 5.85. The van der Waals surface area contributed by atoms with Crippen molar-refractivity contribution in [3.8, 4) is 5.75 Å². The van der Waals surface area contributed by atoms with Gasteiger partial charge in [0.1, 0.15) is 5.75 Å². The molecule has 0 aliphatic rings. The van der Waals surface area contributed by atoms with Gasteiger partial charge in [-0.25, -0.2) is 9.67 Å². The van der Waals surface area contributed by atoms with E-state index in [1.807, 2.05) is 24.3 Å².